The number of hydrogen-bond donors (Lipinski definition) is 2. The van der Waals surface area contributed by atoms with Gasteiger partial charge in [0.2, 0.25) is 5.91 Å². The van der Waals surface area contributed by atoms with Crippen LogP contribution in [0.1, 0.15) is 12.5 Å². The van der Waals surface area contributed by atoms with Gasteiger partial charge in [-0.1, -0.05) is 30.0 Å². The fourth-order valence-corrected chi connectivity index (χ4v) is 3.39. The molecule has 2 N–H and O–H groups in total. The number of phenolic OH excluding ortho intramolecular Hbond substituents is 1. The van der Waals surface area contributed by atoms with Crippen molar-refractivity contribution in [1.82, 2.24) is 14.8 Å². The number of aryl methyl sites for hydroxylation is 1. The highest BCUT2D eigenvalue weighted by atomic mass is 32.2. The van der Waals surface area contributed by atoms with Crippen LogP contribution in [-0.4, -0.2) is 31.5 Å². The molecule has 1 aromatic heterocycles. The van der Waals surface area contributed by atoms with Crippen molar-refractivity contribution in [3.8, 4) is 17.1 Å². The molecule has 1 amide bonds. The average molecular weight is 386 g/mol. The largest absolute Gasteiger partial charge is 0.507 e. The van der Waals surface area contributed by atoms with Gasteiger partial charge in [-0.3, -0.25) is 4.79 Å². The molecule has 0 aliphatic carbocycles. The van der Waals surface area contributed by atoms with Crippen molar-refractivity contribution in [3.63, 3.8) is 0 Å². The van der Waals surface area contributed by atoms with Crippen molar-refractivity contribution < 1.29 is 14.3 Å². The lowest BCUT2D eigenvalue weighted by atomic mass is 10.2. The van der Waals surface area contributed by atoms with Crippen molar-refractivity contribution in [3.05, 3.63) is 53.8 Å². The number of amides is 1. The molecular formula is C19H19FN4O2S. The standard InChI is InChI=1S/C19H19FN4O2S/c1-3-24-18(14-6-4-5-7-16(14)25)22-23-19(24)27-11-17(26)21-15-10-13(20)9-8-12(15)2/h4-10,25H,3,11H2,1-2H3,(H,21,26). The van der Waals surface area contributed by atoms with Gasteiger partial charge in [0.1, 0.15) is 11.6 Å². The number of thioether (sulfide) groups is 1. The zero-order chi connectivity index (χ0) is 19.4. The van der Waals surface area contributed by atoms with Gasteiger partial charge in [-0.05, 0) is 43.7 Å². The van der Waals surface area contributed by atoms with Gasteiger partial charge in [-0.2, -0.15) is 0 Å². The number of aromatic hydroxyl groups is 1. The molecule has 27 heavy (non-hydrogen) atoms. The van der Waals surface area contributed by atoms with Crippen LogP contribution in [0, 0.1) is 12.7 Å². The Morgan fingerprint density at radius 3 is 2.78 bits per heavy atom. The summed E-state index contributed by atoms with van der Waals surface area (Å²) in [6.45, 7) is 4.32. The van der Waals surface area contributed by atoms with Gasteiger partial charge >= 0.3 is 0 Å². The zero-order valence-electron chi connectivity index (χ0n) is 14.9. The lowest BCUT2D eigenvalue weighted by Crippen LogP contribution is -2.15. The van der Waals surface area contributed by atoms with Crippen LogP contribution in [0.25, 0.3) is 11.4 Å². The highest BCUT2D eigenvalue weighted by Crippen LogP contribution is 2.30. The van der Waals surface area contributed by atoms with E-state index in [-0.39, 0.29) is 17.4 Å². The number of para-hydroxylation sites is 1. The summed E-state index contributed by atoms with van der Waals surface area (Å²) in [6.07, 6.45) is 0. The van der Waals surface area contributed by atoms with Gasteiger partial charge < -0.3 is 15.0 Å². The van der Waals surface area contributed by atoms with E-state index in [2.05, 4.69) is 15.5 Å². The molecule has 3 rings (SSSR count). The minimum atomic E-state index is -0.401. The monoisotopic (exact) mass is 386 g/mol. The first-order valence-electron chi connectivity index (χ1n) is 8.40. The number of nitrogens with one attached hydrogen (secondary N) is 1. The summed E-state index contributed by atoms with van der Waals surface area (Å²) in [6, 6.07) is 11.2. The molecule has 0 fully saturated rings. The fraction of sp³-hybridized carbons (Fsp3) is 0.211. The normalized spacial score (nSPS) is 10.8. The Kier molecular flexibility index (Phi) is 5.75. The maximum atomic E-state index is 13.3. The molecule has 140 valence electrons. The van der Waals surface area contributed by atoms with Gasteiger partial charge in [-0.15, -0.1) is 10.2 Å². The van der Waals surface area contributed by atoms with Crippen LogP contribution in [0.4, 0.5) is 10.1 Å². The first-order chi connectivity index (χ1) is 13.0. The van der Waals surface area contributed by atoms with Crippen LogP contribution in [-0.2, 0) is 11.3 Å². The predicted octanol–water partition coefficient (Wildman–Crippen LogP) is 3.85. The van der Waals surface area contributed by atoms with E-state index < -0.39 is 5.82 Å². The molecule has 0 aliphatic rings. The SMILES string of the molecule is CCn1c(SCC(=O)Nc2cc(F)ccc2C)nnc1-c1ccccc1O. The third-order valence-corrected chi connectivity index (χ3v) is 4.95. The van der Waals surface area contributed by atoms with Gasteiger partial charge in [0.25, 0.3) is 0 Å². The maximum Gasteiger partial charge on any atom is 0.234 e. The number of carbonyl (C=O) groups excluding carboxylic acids is 1. The van der Waals surface area contributed by atoms with E-state index in [0.717, 1.165) is 5.56 Å². The highest BCUT2D eigenvalue weighted by molar-refractivity contribution is 7.99. The lowest BCUT2D eigenvalue weighted by Gasteiger charge is -2.10. The number of anilines is 1. The fourth-order valence-electron chi connectivity index (χ4n) is 2.59. The van der Waals surface area contributed by atoms with Gasteiger partial charge in [0.15, 0.2) is 11.0 Å². The maximum absolute atomic E-state index is 13.3. The first-order valence-corrected chi connectivity index (χ1v) is 9.38. The quantitative estimate of drug-likeness (QED) is 0.629. The Morgan fingerprint density at radius 1 is 1.26 bits per heavy atom. The van der Waals surface area contributed by atoms with Crippen molar-refractivity contribution in [2.45, 2.75) is 25.5 Å². The molecule has 6 nitrogen and oxygen atoms in total. The zero-order valence-corrected chi connectivity index (χ0v) is 15.8. The highest BCUT2D eigenvalue weighted by Gasteiger charge is 2.17. The van der Waals surface area contributed by atoms with Gasteiger partial charge in [-0.25, -0.2) is 4.39 Å². The van der Waals surface area contributed by atoms with E-state index in [4.69, 9.17) is 0 Å². The van der Waals surface area contributed by atoms with Crippen LogP contribution in [0.2, 0.25) is 0 Å². The molecule has 0 radical (unpaired) electrons. The van der Waals surface area contributed by atoms with E-state index >= 15 is 0 Å². The van der Waals surface area contributed by atoms with Crippen molar-refractivity contribution in [2.75, 3.05) is 11.1 Å². The van der Waals surface area contributed by atoms with E-state index in [1.807, 2.05) is 17.6 Å². The predicted molar refractivity (Wildman–Crippen MR) is 103 cm³/mol. The van der Waals surface area contributed by atoms with E-state index in [1.54, 1.807) is 31.2 Å². The van der Waals surface area contributed by atoms with Crippen molar-refractivity contribution in [2.24, 2.45) is 0 Å². The molecule has 0 aliphatic heterocycles. The number of carbonyl (C=O) groups is 1. The summed E-state index contributed by atoms with van der Waals surface area (Å²) >= 11 is 1.23. The minimum Gasteiger partial charge on any atom is -0.507 e. The molecular weight excluding hydrogens is 367 g/mol. The topological polar surface area (TPSA) is 80.0 Å². The Morgan fingerprint density at radius 2 is 2.04 bits per heavy atom. The molecule has 0 spiro atoms. The van der Waals surface area contributed by atoms with Gasteiger partial charge in [0.05, 0.1) is 11.3 Å². The number of phenols is 1. The van der Waals surface area contributed by atoms with E-state index in [0.29, 0.717) is 28.8 Å². The average Bonchev–Trinajstić information content (AvgIpc) is 3.06. The van der Waals surface area contributed by atoms with Crippen LogP contribution in [0.15, 0.2) is 47.6 Å². The summed E-state index contributed by atoms with van der Waals surface area (Å²) < 4.78 is 15.2. The smallest absolute Gasteiger partial charge is 0.234 e. The van der Waals surface area contributed by atoms with Crippen LogP contribution >= 0.6 is 11.8 Å². The summed E-state index contributed by atoms with van der Waals surface area (Å²) in [7, 11) is 0. The molecule has 3 aromatic rings. The Labute approximate surface area is 160 Å². The lowest BCUT2D eigenvalue weighted by molar-refractivity contribution is -0.113. The van der Waals surface area contributed by atoms with Gasteiger partial charge in [0, 0.05) is 12.2 Å². The number of rotatable bonds is 6. The third kappa shape index (κ3) is 4.28. The summed E-state index contributed by atoms with van der Waals surface area (Å²) in [5.74, 6) is 0.106. The number of benzene rings is 2. The molecule has 2 aromatic carbocycles. The summed E-state index contributed by atoms with van der Waals surface area (Å²) in [5.41, 5.74) is 1.82. The molecule has 0 bridgehead atoms. The second-order valence-corrected chi connectivity index (χ2v) is 6.81. The Bertz CT molecular complexity index is 974. The molecule has 1 heterocycles. The molecule has 0 unspecified atom stereocenters. The third-order valence-electron chi connectivity index (χ3n) is 3.98. The second kappa shape index (κ2) is 8.22. The Balaban J connectivity index is 1.72. The van der Waals surface area contributed by atoms with E-state index in [1.165, 1.54) is 23.9 Å². The minimum absolute atomic E-state index is 0.106. The molecule has 0 saturated heterocycles. The van der Waals surface area contributed by atoms with Crippen molar-refractivity contribution in [1.29, 1.82) is 0 Å². The first kappa shape index (κ1) is 18.9. The number of hydrogen-bond acceptors (Lipinski definition) is 5. The molecule has 8 heteroatoms. The van der Waals surface area contributed by atoms with E-state index in [9.17, 15) is 14.3 Å². The molecule has 0 atom stereocenters. The van der Waals surface area contributed by atoms with Crippen LogP contribution in [0.3, 0.4) is 0 Å². The van der Waals surface area contributed by atoms with Crippen LogP contribution < -0.4 is 5.32 Å². The molecule has 0 saturated carbocycles. The number of aromatic nitrogens is 3. The Hall–Kier alpha value is -2.87. The number of nitrogens with zero attached hydrogens (tertiary/aromatic N) is 3. The van der Waals surface area contributed by atoms with Crippen LogP contribution in [0.5, 0.6) is 5.75 Å². The summed E-state index contributed by atoms with van der Waals surface area (Å²) in [5, 5.41) is 21.6. The number of halogens is 1. The summed E-state index contributed by atoms with van der Waals surface area (Å²) in [4.78, 5) is 12.2. The van der Waals surface area contributed by atoms with Crippen molar-refractivity contribution >= 4 is 23.4 Å². The second-order valence-electron chi connectivity index (χ2n) is 5.86.